The molecule has 0 aromatic carbocycles. The predicted molar refractivity (Wildman–Crippen MR) is 238 cm³/mol. The van der Waals surface area contributed by atoms with Crippen LogP contribution in [0.1, 0.15) is 272 Å². The second kappa shape index (κ2) is 43.0. The number of esters is 3. The summed E-state index contributed by atoms with van der Waals surface area (Å²) >= 11 is 0. The standard InChI is InChI=1S/C50H96O6/c1-6-8-9-28-35-40-48(51)54-43-47(44-55-49(52)41-36-31-26-22-19-18-21-25-30-34-39-46(5)7-2)56-50(53)42-37-32-27-23-17-15-13-11-10-12-14-16-20-24-29-33-38-45(3)4/h45-47H,6-44H2,1-5H3/t46?,47-/m0/s1. The van der Waals surface area contributed by atoms with Crippen LogP contribution in [0.3, 0.4) is 0 Å². The summed E-state index contributed by atoms with van der Waals surface area (Å²) in [6, 6.07) is 0. The van der Waals surface area contributed by atoms with Gasteiger partial charge in [-0.05, 0) is 31.1 Å². The fraction of sp³-hybridized carbons (Fsp3) is 0.940. The maximum Gasteiger partial charge on any atom is 0.306 e. The normalized spacial score (nSPS) is 12.5. The molecule has 1 unspecified atom stereocenters. The molecule has 0 saturated heterocycles. The highest BCUT2D eigenvalue weighted by molar-refractivity contribution is 5.71. The smallest absolute Gasteiger partial charge is 0.306 e. The number of carbonyl (C=O) groups excluding carboxylic acids is 3. The Morgan fingerprint density at radius 1 is 0.375 bits per heavy atom. The van der Waals surface area contributed by atoms with E-state index in [1.165, 1.54) is 154 Å². The van der Waals surface area contributed by atoms with Crippen molar-refractivity contribution in [2.45, 2.75) is 278 Å². The van der Waals surface area contributed by atoms with E-state index in [-0.39, 0.29) is 31.1 Å². The summed E-state index contributed by atoms with van der Waals surface area (Å²) in [7, 11) is 0. The highest BCUT2D eigenvalue weighted by Crippen LogP contribution is 2.18. The molecule has 0 aromatic rings. The van der Waals surface area contributed by atoms with Crippen LogP contribution in [0, 0.1) is 11.8 Å². The Hall–Kier alpha value is -1.59. The molecule has 6 nitrogen and oxygen atoms in total. The average molecular weight is 793 g/mol. The molecule has 56 heavy (non-hydrogen) atoms. The van der Waals surface area contributed by atoms with E-state index in [0.717, 1.165) is 76.0 Å². The lowest BCUT2D eigenvalue weighted by Crippen LogP contribution is -2.30. The zero-order valence-electron chi connectivity index (χ0n) is 38.3. The minimum absolute atomic E-state index is 0.0652. The van der Waals surface area contributed by atoms with Gasteiger partial charge >= 0.3 is 17.9 Å². The molecule has 0 saturated carbocycles. The lowest BCUT2D eigenvalue weighted by atomic mass is 9.99. The SMILES string of the molecule is CCCCCCCC(=O)OC[C@@H](COC(=O)CCCCCCCCCCCCC(C)CC)OC(=O)CCCCCCCCCCCCCCCCCCC(C)C. The zero-order chi connectivity index (χ0) is 41.2. The minimum atomic E-state index is -0.759. The molecule has 332 valence electrons. The Morgan fingerprint density at radius 3 is 1.02 bits per heavy atom. The van der Waals surface area contributed by atoms with E-state index in [9.17, 15) is 14.4 Å². The number of ether oxygens (including phenoxy) is 3. The van der Waals surface area contributed by atoms with Crippen molar-refractivity contribution in [2.24, 2.45) is 11.8 Å². The lowest BCUT2D eigenvalue weighted by molar-refractivity contribution is -0.167. The molecule has 0 bridgehead atoms. The molecule has 0 aliphatic carbocycles. The van der Waals surface area contributed by atoms with Crippen LogP contribution >= 0.6 is 0 Å². The molecular weight excluding hydrogens is 697 g/mol. The first kappa shape index (κ1) is 54.4. The van der Waals surface area contributed by atoms with E-state index in [4.69, 9.17) is 14.2 Å². The second-order valence-electron chi connectivity index (χ2n) is 17.8. The van der Waals surface area contributed by atoms with Crippen molar-refractivity contribution in [3.05, 3.63) is 0 Å². The molecule has 0 aliphatic heterocycles. The molecular formula is C50H96O6. The predicted octanol–water partition coefficient (Wildman–Crippen LogP) is 15.8. The minimum Gasteiger partial charge on any atom is -0.462 e. The maximum atomic E-state index is 12.7. The van der Waals surface area contributed by atoms with Crippen LogP contribution in [0.25, 0.3) is 0 Å². The average Bonchev–Trinajstić information content (AvgIpc) is 3.18. The highest BCUT2D eigenvalue weighted by atomic mass is 16.6. The first-order valence-electron chi connectivity index (χ1n) is 24.8. The van der Waals surface area contributed by atoms with Crippen LogP contribution in [-0.4, -0.2) is 37.2 Å². The Bertz CT molecular complexity index is 856. The summed E-state index contributed by atoms with van der Waals surface area (Å²) in [6.07, 6.45) is 42.6. The van der Waals surface area contributed by atoms with Gasteiger partial charge in [0.1, 0.15) is 13.2 Å². The fourth-order valence-corrected chi connectivity index (χ4v) is 7.43. The van der Waals surface area contributed by atoms with Crippen LogP contribution in [0.4, 0.5) is 0 Å². The highest BCUT2D eigenvalue weighted by Gasteiger charge is 2.19. The van der Waals surface area contributed by atoms with E-state index in [1.54, 1.807) is 0 Å². The van der Waals surface area contributed by atoms with Crippen molar-refractivity contribution < 1.29 is 28.6 Å². The van der Waals surface area contributed by atoms with Gasteiger partial charge in [-0.1, -0.05) is 234 Å². The zero-order valence-corrected chi connectivity index (χ0v) is 38.3. The molecule has 0 N–H and O–H groups in total. The Labute approximate surface area is 348 Å². The van der Waals surface area contributed by atoms with E-state index in [1.807, 2.05) is 0 Å². The van der Waals surface area contributed by atoms with Gasteiger partial charge in [-0.3, -0.25) is 14.4 Å². The van der Waals surface area contributed by atoms with Crippen LogP contribution in [0.5, 0.6) is 0 Å². The summed E-state index contributed by atoms with van der Waals surface area (Å²) in [4.78, 5) is 37.6. The van der Waals surface area contributed by atoms with Crippen molar-refractivity contribution in [1.29, 1.82) is 0 Å². The number of hydrogen-bond acceptors (Lipinski definition) is 6. The van der Waals surface area contributed by atoms with Crippen molar-refractivity contribution in [1.82, 2.24) is 0 Å². The summed E-state index contributed by atoms with van der Waals surface area (Å²) in [5, 5.41) is 0. The third kappa shape index (κ3) is 42.0. The molecule has 0 aliphatic rings. The quantitative estimate of drug-likeness (QED) is 0.0347. The van der Waals surface area contributed by atoms with Crippen molar-refractivity contribution >= 4 is 17.9 Å². The van der Waals surface area contributed by atoms with E-state index >= 15 is 0 Å². The molecule has 0 radical (unpaired) electrons. The summed E-state index contributed by atoms with van der Waals surface area (Å²) in [5.41, 5.74) is 0. The van der Waals surface area contributed by atoms with Crippen LogP contribution in [0.2, 0.25) is 0 Å². The Kier molecular flexibility index (Phi) is 41.8. The van der Waals surface area contributed by atoms with Gasteiger partial charge < -0.3 is 14.2 Å². The summed E-state index contributed by atoms with van der Waals surface area (Å²) in [6.45, 7) is 11.3. The van der Waals surface area contributed by atoms with Gasteiger partial charge in [-0.15, -0.1) is 0 Å². The van der Waals surface area contributed by atoms with Crippen molar-refractivity contribution in [2.75, 3.05) is 13.2 Å². The molecule has 2 atom stereocenters. The molecule has 0 amide bonds. The lowest BCUT2D eigenvalue weighted by Gasteiger charge is -2.18. The van der Waals surface area contributed by atoms with Crippen LogP contribution in [0.15, 0.2) is 0 Å². The van der Waals surface area contributed by atoms with Gasteiger partial charge in [-0.2, -0.15) is 0 Å². The summed E-state index contributed by atoms with van der Waals surface area (Å²) in [5.74, 6) is 0.856. The van der Waals surface area contributed by atoms with Crippen LogP contribution in [-0.2, 0) is 28.6 Å². The fourth-order valence-electron chi connectivity index (χ4n) is 7.43. The third-order valence-corrected chi connectivity index (χ3v) is 11.6. The first-order valence-corrected chi connectivity index (χ1v) is 24.8. The van der Waals surface area contributed by atoms with Gasteiger partial charge in [-0.25, -0.2) is 0 Å². The molecule has 0 rings (SSSR count). The molecule has 0 fully saturated rings. The Balaban J connectivity index is 4.13. The summed E-state index contributed by atoms with van der Waals surface area (Å²) < 4.78 is 16.7. The monoisotopic (exact) mass is 793 g/mol. The number of carbonyl (C=O) groups is 3. The van der Waals surface area contributed by atoms with Gasteiger partial charge in [0.2, 0.25) is 0 Å². The van der Waals surface area contributed by atoms with E-state index < -0.39 is 6.10 Å². The molecule has 0 aromatic heterocycles. The number of rotatable bonds is 44. The largest absolute Gasteiger partial charge is 0.462 e. The molecule has 0 spiro atoms. The van der Waals surface area contributed by atoms with Crippen LogP contribution < -0.4 is 0 Å². The third-order valence-electron chi connectivity index (χ3n) is 11.6. The van der Waals surface area contributed by atoms with E-state index in [2.05, 4.69) is 34.6 Å². The number of hydrogen-bond donors (Lipinski definition) is 0. The molecule has 0 heterocycles. The van der Waals surface area contributed by atoms with Gasteiger partial charge in [0.05, 0.1) is 0 Å². The van der Waals surface area contributed by atoms with Gasteiger partial charge in [0.25, 0.3) is 0 Å². The first-order chi connectivity index (χ1) is 27.3. The maximum absolute atomic E-state index is 12.7. The van der Waals surface area contributed by atoms with Crippen molar-refractivity contribution in [3.8, 4) is 0 Å². The van der Waals surface area contributed by atoms with Crippen molar-refractivity contribution in [3.63, 3.8) is 0 Å². The Morgan fingerprint density at radius 2 is 0.679 bits per heavy atom. The number of unbranched alkanes of at least 4 members (excludes halogenated alkanes) is 28. The van der Waals surface area contributed by atoms with Gasteiger partial charge in [0.15, 0.2) is 6.10 Å². The second-order valence-corrected chi connectivity index (χ2v) is 17.8. The molecule has 6 heteroatoms. The topological polar surface area (TPSA) is 78.9 Å². The van der Waals surface area contributed by atoms with Gasteiger partial charge in [0, 0.05) is 19.3 Å². The van der Waals surface area contributed by atoms with E-state index in [0.29, 0.717) is 19.3 Å².